The van der Waals surface area contributed by atoms with E-state index in [1.807, 2.05) is 5.82 Å². The first-order valence-electron chi connectivity index (χ1n) is 3.37. The van der Waals surface area contributed by atoms with E-state index in [0.717, 1.165) is 12.8 Å². The minimum absolute atomic E-state index is 1.00. The van der Waals surface area contributed by atoms with Crippen LogP contribution >= 0.6 is 7.77 Å². The van der Waals surface area contributed by atoms with Crippen LogP contribution in [0.4, 0.5) is 0 Å². The van der Waals surface area contributed by atoms with Crippen molar-refractivity contribution in [3.63, 3.8) is 0 Å². The third kappa shape index (κ3) is 0.849. The molecule has 48 valence electrons. The van der Waals surface area contributed by atoms with Crippen molar-refractivity contribution in [2.45, 2.75) is 25.7 Å². The molecule has 0 radical (unpaired) electrons. The van der Waals surface area contributed by atoms with Gasteiger partial charge in [-0.15, -0.1) is 0 Å². The van der Waals surface area contributed by atoms with Gasteiger partial charge in [-0.3, -0.25) is 0 Å². The molecule has 0 amide bonds. The molecule has 1 aliphatic carbocycles. The molecule has 3 aliphatic rings. The van der Waals surface area contributed by atoms with Gasteiger partial charge in [-0.1, -0.05) is 0 Å². The fourth-order valence-corrected chi connectivity index (χ4v) is 2.90. The largest absolute Gasteiger partial charge is 0.626 e. The molecule has 0 aromatic carbocycles. The molecule has 0 spiro atoms. The van der Waals surface area contributed by atoms with Gasteiger partial charge in [0.15, 0.2) is 0 Å². The van der Waals surface area contributed by atoms with Crippen molar-refractivity contribution in [3.8, 4) is 0 Å². The van der Waals surface area contributed by atoms with Gasteiger partial charge in [0, 0.05) is 12.8 Å². The molecule has 9 heavy (non-hydrogen) atoms. The summed E-state index contributed by atoms with van der Waals surface area (Å²) in [5.74, 6) is 1.97. The highest BCUT2D eigenvalue weighted by Crippen LogP contribution is 2.37. The second-order valence-electron chi connectivity index (χ2n) is 2.68. The zero-order valence-corrected chi connectivity index (χ0v) is 6.16. The van der Waals surface area contributed by atoms with Crippen molar-refractivity contribution in [1.82, 2.24) is 0 Å². The quantitative estimate of drug-likeness (QED) is 0.466. The Morgan fingerprint density at radius 2 is 1.89 bits per heavy atom. The van der Waals surface area contributed by atoms with E-state index >= 15 is 0 Å². The number of fused-ring (bicyclic) bond motifs is 3. The van der Waals surface area contributed by atoms with Gasteiger partial charge >= 0.3 is 0 Å². The van der Waals surface area contributed by atoms with E-state index in [2.05, 4.69) is 0 Å². The van der Waals surface area contributed by atoms with E-state index in [-0.39, 0.29) is 0 Å². The van der Waals surface area contributed by atoms with Gasteiger partial charge in [-0.25, -0.2) is 0 Å². The molecule has 2 heterocycles. The molecule has 1 unspecified atom stereocenters. The van der Waals surface area contributed by atoms with Crippen LogP contribution in [0.15, 0.2) is 11.4 Å². The molecule has 0 N–H and O–H groups in total. The summed E-state index contributed by atoms with van der Waals surface area (Å²) in [7, 11) is -1.00. The lowest BCUT2D eigenvalue weighted by Crippen LogP contribution is -2.13. The smallest absolute Gasteiger partial charge is 0.108 e. The molecule has 2 aliphatic heterocycles. The fraction of sp³-hybridized carbons (Fsp3) is 0.571. The van der Waals surface area contributed by atoms with Crippen LogP contribution in [0, 0.1) is 0 Å². The third-order valence-electron chi connectivity index (χ3n) is 2.08. The summed E-state index contributed by atoms with van der Waals surface area (Å²) < 4.78 is 0. The predicted octanol–water partition coefficient (Wildman–Crippen LogP) is 1.39. The molecule has 0 saturated heterocycles. The Labute approximate surface area is 55.9 Å². The van der Waals surface area contributed by atoms with Crippen molar-refractivity contribution >= 4 is 13.1 Å². The first-order valence-corrected chi connectivity index (χ1v) is 4.70. The molecule has 2 heteroatoms. The molecule has 0 aromatic rings. The maximum absolute atomic E-state index is 11.1. The maximum atomic E-state index is 11.1. The second-order valence-corrected chi connectivity index (χ2v) is 4.22. The number of hydrogen-bond donors (Lipinski definition) is 0. The van der Waals surface area contributed by atoms with Crippen molar-refractivity contribution in [1.29, 1.82) is 0 Å². The number of rotatable bonds is 0. The van der Waals surface area contributed by atoms with Crippen LogP contribution in [0.2, 0.25) is 0 Å². The minimum Gasteiger partial charge on any atom is -0.626 e. The minimum atomic E-state index is -1.00. The van der Waals surface area contributed by atoms with Crippen molar-refractivity contribution in [2.75, 3.05) is 0 Å². The molecule has 1 saturated carbocycles. The van der Waals surface area contributed by atoms with E-state index in [4.69, 9.17) is 0 Å². The average Bonchev–Trinajstić information content (AvgIpc) is 1.90. The number of hydrogen-bond acceptors (Lipinski definition) is 1. The molecule has 0 aromatic heterocycles. The Hall–Kier alpha value is -0.130. The summed E-state index contributed by atoms with van der Waals surface area (Å²) in [6.07, 6.45) is 4.61. The van der Waals surface area contributed by atoms with Crippen molar-refractivity contribution in [3.05, 3.63) is 11.4 Å². The highest BCUT2D eigenvalue weighted by Gasteiger charge is 2.22. The third-order valence-corrected chi connectivity index (χ3v) is 3.75. The Balaban J connectivity index is 2.41. The van der Waals surface area contributed by atoms with Crippen LogP contribution in [0.5, 0.6) is 0 Å². The van der Waals surface area contributed by atoms with Crippen LogP contribution in [0.1, 0.15) is 25.7 Å². The molecule has 3 rings (SSSR count). The Morgan fingerprint density at radius 1 is 1.22 bits per heavy atom. The Bertz CT molecular complexity index is 191. The highest BCUT2D eigenvalue weighted by molar-refractivity contribution is 7.55. The van der Waals surface area contributed by atoms with Crippen LogP contribution in [0.25, 0.3) is 0 Å². The van der Waals surface area contributed by atoms with Gasteiger partial charge < -0.3 is 4.89 Å². The van der Waals surface area contributed by atoms with E-state index in [9.17, 15) is 4.89 Å². The van der Waals surface area contributed by atoms with Gasteiger partial charge in [-0.2, -0.15) is 0 Å². The van der Waals surface area contributed by atoms with Gasteiger partial charge in [0.2, 0.25) is 0 Å². The lowest BCUT2D eigenvalue weighted by atomic mass is 9.96. The van der Waals surface area contributed by atoms with Crippen LogP contribution in [0.3, 0.4) is 0 Å². The summed E-state index contributed by atoms with van der Waals surface area (Å²) in [6, 6.07) is 0. The lowest BCUT2D eigenvalue weighted by molar-refractivity contribution is -0.150. The van der Waals surface area contributed by atoms with E-state index < -0.39 is 7.77 Å². The number of allylic oxidation sites excluding steroid dienone is 1. The molecule has 1 atom stereocenters. The van der Waals surface area contributed by atoms with Crippen molar-refractivity contribution < 1.29 is 4.89 Å². The molecule has 1 nitrogen and oxygen atoms in total. The van der Waals surface area contributed by atoms with Gasteiger partial charge in [0.25, 0.3) is 0 Å². The summed E-state index contributed by atoms with van der Waals surface area (Å²) in [5, 5.41) is 1.31. The molecular formula is C7H9OP. The van der Waals surface area contributed by atoms with Gasteiger partial charge in [0.05, 0.1) is 13.1 Å². The van der Waals surface area contributed by atoms with E-state index in [1.165, 1.54) is 23.7 Å². The van der Waals surface area contributed by atoms with E-state index in [0.29, 0.717) is 0 Å². The first kappa shape index (κ1) is 5.64. The summed E-state index contributed by atoms with van der Waals surface area (Å²) in [5.41, 5.74) is 1.44. The molecule has 2 bridgehead atoms. The molecule has 1 fully saturated rings. The van der Waals surface area contributed by atoms with Crippen LogP contribution in [-0.4, -0.2) is 5.29 Å². The topological polar surface area (TPSA) is 23.1 Å². The summed E-state index contributed by atoms with van der Waals surface area (Å²) in [4.78, 5) is 11.1. The zero-order valence-electron chi connectivity index (χ0n) is 5.26. The maximum Gasteiger partial charge on any atom is 0.108 e. The van der Waals surface area contributed by atoms with Crippen LogP contribution < -0.4 is 4.89 Å². The zero-order chi connectivity index (χ0) is 6.27. The Morgan fingerprint density at radius 3 is 2.11 bits per heavy atom. The predicted molar refractivity (Wildman–Crippen MR) is 38.5 cm³/mol. The van der Waals surface area contributed by atoms with Crippen molar-refractivity contribution in [2.24, 2.45) is 0 Å². The monoisotopic (exact) mass is 140 g/mol. The standard InChI is InChI=1S/C7H9OP/c8-9-5-6-1-3-7(9)4-2-6/h5H,1-4H2. The average molecular weight is 140 g/mol. The summed E-state index contributed by atoms with van der Waals surface area (Å²) in [6.45, 7) is 0. The Kier molecular flexibility index (Phi) is 1.21. The highest BCUT2D eigenvalue weighted by atomic mass is 31.1. The lowest BCUT2D eigenvalue weighted by Gasteiger charge is -2.19. The molecular weight excluding hydrogens is 131 g/mol. The fourth-order valence-electron chi connectivity index (χ4n) is 1.47. The van der Waals surface area contributed by atoms with Gasteiger partial charge in [-0.05, 0) is 18.4 Å². The summed E-state index contributed by atoms with van der Waals surface area (Å²) >= 11 is 0. The first-order chi connectivity index (χ1) is 4.36. The normalized spacial score (nSPS) is 28.8. The second kappa shape index (κ2) is 1.93. The van der Waals surface area contributed by atoms with E-state index in [1.54, 1.807) is 0 Å². The van der Waals surface area contributed by atoms with Crippen LogP contribution in [-0.2, 0) is 0 Å². The van der Waals surface area contributed by atoms with Gasteiger partial charge in [0.1, 0.15) is 5.82 Å². The SMILES string of the molecule is [O-][P+]1=C2CCC(=C1)CC2.